The molecule has 2 aromatic rings. The van der Waals surface area contributed by atoms with E-state index in [1.807, 2.05) is 0 Å². The number of methoxy groups -OCH3 is 1. The van der Waals surface area contributed by atoms with Crippen molar-refractivity contribution in [1.29, 1.82) is 0 Å². The molecule has 22 heavy (non-hydrogen) atoms. The highest BCUT2D eigenvalue weighted by atomic mass is 79.9. The Kier molecular flexibility index (Phi) is 5.16. The predicted octanol–water partition coefficient (Wildman–Crippen LogP) is 3.20. The third-order valence-electron chi connectivity index (χ3n) is 2.92. The van der Waals surface area contributed by atoms with E-state index >= 15 is 0 Å². The van der Waals surface area contributed by atoms with Gasteiger partial charge in [-0.15, -0.1) is 0 Å². The lowest BCUT2D eigenvalue weighted by molar-refractivity contribution is 0.0471. The van der Waals surface area contributed by atoms with E-state index in [0.29, 0.717) is 11.3 Å². The molecule has 114 valence electrons. The molecule has 0 aliphatic rings. The summed E-state index contributed by atoms with van der Waals surface area (Å²) in [7, 11) is 1.44. The van der Waals surface area contributed by atoms with Gasteiger partial charge in [0, 0.05) is 10.0 Å². The summed E-state index contributed by atoms with van der Waals surface area (Å²) in [5.74, 6) is -0.948. The summed E-state index contributed by atoms with van der Waals surface area (Å²) in [4.78, 5) is 23.8. The number of Topliss-reactive ketones (excluding diaryl/α,β-unsaturated/α-hetero) is 1. The van der Waals surface area contributed by atoms with Gasteiger partial charge in [0.15, 0.2) is 12.4 Å². The Bertz CT molecular complexity index is 694. The molecule has 0 saturated carbocycles. The summed E-state index contributed by atoms with van der Waals surface area (Å²) in [6, 6.07) is 10.9. The van der Waals surface area contributed by atoms with Crippen LogP contribution in [-0.2, 0) is 4.74 Å². The summed E-state index contributed by atoms with van der Waals surface area (Å²) in [5, 5.41) is 9.67. The lowest BCUT2D eigenvalue weighted by Crippen LogP contribution is -2.14. The van der Waals surface area contributed by atoms with Gasteiger partial charge in [-0.3, -0.25) is 4.79 Å². The molecule has 0 aliphatic heterocycles. The van der Waals surface area contributed by atoms with Crippen LogP contribution in [0.25, 0.3) is 0 Å². The van der Waals surface area contributed by atoms with Gasteiger partial charge in [0.1, 0.15) is 17.1 Å². The number of hydrogen-bond donors (Lipinski definition) is 1. The van der Waals surface area contributed by atoms with Crippen molar-refractivity contribution >= 4 is 27.7 Å². The van der Waals surface area contributed by atoms with Crippen molar-refractivity contribution in [2.75, 3.05) is 13.7 Å². The molecule has 0 amide bonds. The zero-order valence-corrected chi connectivity index (χ0v) is 13.3. The van der Waals surface area contributed by atoms with Gasteiger partial charge in [-0.1, -0.05) is 28.1 Å². The molecule has 0 aliphatic carbocycles. The zero-order valence-electron chi connectivity index (χ0n) is 11.7. The number of halogens is 1. The largest absolute Gasteiger partial charge is 0.507 e. The second kappa shape index (κ2) is 7.09. The first kappa shape index (κ1) is 16.0. The number of ketones is 1. The lowest BCUT2D eigenvalue weighted by Gasteiger charge is -2.07. The minimum absolute atomic E-state index is 0.0528. The highest BCUT2D eigenvalue weighted by molar-refractivity contribution is 9.10. The second-order valence-corrected chi connectivity index (χ2v) is 5.30. The van der Waals surface area contributed by atoms with Crippen LogP contribution in [-0.4, -0.2) is 30.6 Å². The van der Waals surface area contributed by atoms with Gasteiger partial charge in [-0.2, -0.15) is 0 Å². The maximum Gasteiger partial charge on any atom is 0.342 e. The molecule has 2 rings (SSSR count). The van der Waals surface area contributed by atoms with Crippen molar-refractivity contribution in [2.24, 2.45) is 0 Å². The molecule has 0 atom stereocenters. The van der Waals surface area contributed by atoms with Gasteiger partial charge in [-0.25, -0.2) is 4.79 Å². The highest BCUT2D eigenvalue weighted by Crippen LogP contribution is 2.23. The molecule has 0 spiro atoms. The van der Waals surface area contributed by atoms with E-state index in [9.17, 15) is 14.7 Å². The Morgan fingerprint density at radius 1 is 1.14 bits per heavy atom. The zero-order chi connectivity index (χ0) is 16.1. The standard InChI is InChI=1S/C16H13BrO5/c1-21-12-6-7-14(18)13(8-12)16(20)22-9-15(19)10-2-4-11(17)5-3-10/h2-8,18H,9H2,1H3. The normalized spacial score (nSPS) is 10.1. The van der Waals surface area contributed by atoms with Gasteiger partial charge < -0.3 is 14.6 Å². The SMILES string of the molecule is COc1ccc(O)c(C(=O)OCC(=O)c2ccc(Br)cc2)c1. The van der Waals surface area contributed by atoms with Crippen LogP contribution >= 0.6 is 15.9 Å². The number of benzene rings is 2. The lowest BCUT2D eigenvalue weighted by atomic mass is 10.1. The Morgan fingerprint density at radius 2 is 1.82 bits per heavy atom. The molecule has 0 fully saturated rings. The van der Waals surface area contributed by atoms with Gasteiger partial charge in [0.05, 0.1) is 7.11 Å². The predicted molar refractivity (Wildman–Crippen MR) is 83.4 cm³/mol. The molecule has 2 aromatic carbocycles. The van der Waals surface area contributed by atoms with Crippen molar-refractivity contribution in [3.63, 3.8) is 0 Å². The molecule has 0 aromatic heterocycles. The van der Waals surface area contributed by atoms with E-state index in [4.69, 9.17) is 9.47 Å². The third kappa shape index (κ3) is 3.85. The smallest absolute Gasteiger partial charge is 0.342 e. The van der Waals surface area contributed by atoms with E-state index in [1.54, 1.807) is 24.3 Å². The van der Waals surface area contributed by atoms with Crippen molar-refractivity contribution in [1.82, 2.24) is 0 Å². The van der Waals surface area contributed by atoms with Crippen molar-refractivity contribution in [2.45, 2.75) is 0 Å². The maximum atomic E-state index is 11.9. The number of rotatable bonds is 5. The summed E-state index contributed by atoms with van der Waals surface area (Å²) >= 11 is 3.27. The molecule has 0 heterocycles. The van der Waals surface area contributed by atoms with Crippen LogP contribution in [0.4, 0.5) is 0 Å². The van der Waals surface area contributed by atoms with Crippen LogP contribution in [0.3, 0.4) is 0 Å². The molecule has 5 nitrogen and oxygen atoms in total. The third-order valence-corrected chi connectivity index (χ3v) is 3.45. The molecular formula is C16H13BrO5. The maximum absolute atomic E-state index is 11.9. The first-order chi connectivity index (χ1) is 10.5. The Morgan fingerprint density at radius 3 is 2.45 bits per heavy atom. The summed E-state index contributed by atoms with van der Waals surface area (Å²) < 4.78 is 10.8. The van der Waals surface area contributed by atoms with Gasteiger partial charge in [0.25, 0.3) is 0 Å². The van der Waals surface area contributed by atoms with E-state index in [-0.39, 0.29) is 17.1 Å². The Labute approximate surface area is 135 Å². The minimum atomic E-state index is -0.790. The fourth-order valence-corrected chi connectivity index (χ4v) is 2.00. The Balaban J connectivity index is 2.03. The molecule has 0 unspecified atom stereocenters. The first-order valence-corrected chi connectivity index (χ1v) is 7.13. The quantitative estimate of drug-likeness (QED) is 0.651. The molecule has 0 radical (unpaired) electrons. The summed E-state index contributed by atoms with van der Waals surface area (Å²) in [5.41, 5.74) is 0.383. The van der Waals surface area contributed by atoms with E-state index in [0.717, 1.165) is 4.47 Å². The average molecular weight is 365 g/mol. The van der Waals surface area contributed by atoms with Crippen LogP contribution in [0.5, 0.6) is 11.5 Å². The van der Waals surface area contributed by atoms with Crippen molar-refractivity contribution < 1.29 is 24.2 Å². The Hall–Kier alpha value is -2.34. The second-order valence-electron chi connectivity index (χ2n) is 4.39. The number of phenolic OH excluding ortho intramolecular Hbond substituents is 1. The number of ether oxygens (including phenoxy) is 2. The molecule has 0 saturated heterocycles. The van der Waals surface area contributed by atoms with Crippen LogP contribution in [0.15, 0.2) is 46.9 Å². The number of carbonyl (C=O) groups is 2. The fraction of sp³-hybridized carbons (Fsp3) is 0.125. The monoisotopic (exact) mass is 364 g/mol. The molecule has 1 N–H and O–H groups in total. The molecule has 0 bridgehead atoms. The van der Waals surface area contributed by atoms with E-state index in [1.165, 1.54) is 25.3 Å². The minimum Gasteiger partial charge on any atom is -0.507 e. The topological polar surface area (TPSA) is 72.8 Å². The van der Waals surface area contributed by atoms with Gasteiger partial charge >= 0.3 is 5.97 Å². The van der Waals surface area contributed by atoms with E-state index < -0.39 is 12.6 Å². The van der Waals surface area contributed by atoms with Gasteiger partial charge in [0.2, 0.25) is 0 Å². The highest BCUT2D eigenvalue weighted by Gasteiger charge is 2.16. The van der Waals surface area contributed by atoms with Crippen molar-refractivity contribution in [3.05, 3.63) is 58.1 Å². The number of phenols is 1. The number of esters is 1. The number of aromatic hydroxyl groups is 1. The first-order valence-electron chi connectivity index (χ1n) is 6.34. The molecular weight excluding hydrogens is 352 g/mol. The number of carbonyl (C=O) groups excluding carboxylic acids is 2. The average Bonchev–Trinajstić information content (AvgIpc) is 2.53. The summed E-state index contributed by atoms with van der Waals surface area (Å²) in [6.07, 6.45) is 0. The molecule has 6 heteroatoms. The van der Waals surface area contributed by atoms with E-state index in [2.05, 4.69) is 15.9 Å². The van der Waals surface area contributed by atoms with Crippen LogP contribution in [0.2, 0.25) is 0 Å². The van der Waals surface area contributed by atoms with Crippen molar-refractivity contribution in [3.8, 4) is 11.5 Å². The van der Waals surface area contributed by atoms with Crippen LogP contribution < -0.4 is 4.74 Å². The fourth-order valence-electron chi connectivity index (χ4n) is 1.73. The summed E-state index contributed by atoms with van der Waals surface area (Å²) in [6.45, 7) is -0.406. The van der Waals surface area contributed by atoms with Crippen LogP contribution in [0.1, 0.15) is 20.7 Å². The number of hydrogen-bond acceptors (Lipinski definition) is 5. The van der Waals surface area contributed by atoms with Gasteiger partial charge in [-0.05, 0) is 30.3 Å². The van der Waals surface area contributed by atoms with Crippen LogP contribution in [0, 0.1) is 0 Å².